The van der Waals surface area contributed by atoms with Crippen molar-refractivity contribution >= 4 is 21.6 Å². The molecular weight excluding hydrogens is 271 g/mol. The maximum absolute atomic E-state index is 13.0. The van der Waals surface area contributed by atoms with E-state index in [1.807, 2.05) is 6.92 Å². The first kappa shape index (κ1) is 11.1. The van der Waals surface area contributed by atoms with Crippen molar-refractivity contribution in [2.75, 3.05) is 5.73 Å². The van der Waals surface area contributed by atoms with E-state index in [2.05, 4.69) is 20.9 Å². The van der Waals surface area contributed by atoms with Crippen LogP contribution in [0.3, 0.4) is 0 Å². The van der Waals surface area contributed by atoms with Crippen LogP contribution in [0.2, 0.25) is 0 Å². The molecule has 0 saturated heterocycles. The van der Waals surface area contributed by atoms with E-state index in [-0.39, 0.29) is 5.82 Å². The highest BCUT2D eigenvalue weighted by Crippen LogP contribution is 2.27. The molecule has 0 aliphatic carbocycles. The van der Waals surface area contributed by atoms with Crippen molar-refractivity contribution in [1.82, 2.24) is 4.98 Å². The van der Waals surface area contributed by atoms with Crippen molar-refractivity contribution < 1.29 is 4.39 Å². The molecule has 0 radical (unpaired) electrons. The van der Waals surface area contributed by atoms with Gasteiger partial charge in [-0.1, -0.05) is 0 Å². The average molecular weight is 281 g/mol. The highest BCUT2D eigenvalue weighted by molar-refractivity contribution is 9.10. The maximum Gasteiger partial charge on any atom is 0.123 e. The molecule has 0 aliphatic rings. The molecule has 2 nitrogen and oxygen atoms in total. The molecule has 0 saturated carbocycles. The number of pyridine rings is 1. The number of aryl methyl sites for hydroxylation is 1. The van der Waals surface area contributed by atoms with Crippen molar-refractivity contribution in [2.45, 2.75) is 6.92 Å². The number of hydrogen-bond donors (Lipinski definition) is 1. The van der Waals surface area contributed by atoms with Crippen LogP contribution in [-0.4, -0.2) is 4.98 Å². The SMILES string of the molecule is Cc1cc(F)ccc1-c1cc(N)c(Br)cn1. The lowest BCUT2D eigenvalue weighted by Gasteiger charge is -2.06. The number of benzene rings is 1. The molecule has 0 atom stereocenters. The molecule has 1 aromatic carbocycles. The van der Waals surface area contributed by atoms with Gasteiger partial charge < -0.3 is 5.73 Å². The van der Waals surface area contributed by atoms with Gasteiger partial charge >= 0.3 is 0 Å². The summed E-state index contributed by atoms with van der Waals surface area (Å²) in [5, 5.41) is 0. The molecular formula is C12H10BrFN2. The monoisotopic (exact) mass is 280 g/mol. The Bertz CT molecular complexity index is 541. The van der Waals surface area contributed by atoms with Gasteiger partial charge in [-0.2, -0.15) is 0 Å². The van der Waals surface area contributed by atoms with Gasteiger partial charge in [-0.25, -0.2) is 4.39 Å². The first-order valence-corrected chi connectivity index (χ1v) is 5.55. The van der Waals surface area contributed by atoms with E-state index in [0.717, 1.165) is 21.3 Å². The third-order valence-electron chi connectivity index (χ3n) is 2.35. The van der Waals surface area contributed by atoms with E-state index in [9.17, 15) is 4.39 Å². The Morgan fingerprint density at radius 1 is 1.31 bits per heavy atom. The standard InChI is InChI=1S/C12H10BrFN2/c1-7-4-8(14)2-3-9(7)12-5-11(15)10(13)6-16-12/h2-6H,1H3,(H2,15,16). The summed E-state index contributed by atoms with van der Waals surface area (Å²) in [6.07, 6.45) is 1.65. The second kappa shape index (κ2) is 4.22. The van der Waals surface area contributed by atoms with E-state index < -0.39 is 0 Å². The number of aromatic nitrogens is 1. The molecule has 2 aromatic rings. The second-order valence-corrected chi connectivity index (χ2v) is 4.40. The van der Waals surface area contributed by atoms with Crippen molar-refractivity contribution in [2.24, 2.45) is 0 Å². The van der Waals surface area contributed by atoms with E-state index in [4.69, 9.17) is 5.73 Å². The van der Waals surface area contributed by atoms with E-state index in [0.29, 0.717) is 5.69 Å². The number of hydrogen-bond acceptors (Lipinski definition) is 2. The summed E-state index contributed by atoms with van der Waals surface area (Å²) < 4.78 is 13.7. The Morgan fingerprint density at radius 2 is 2.06 bits per heavy atom. The smallest absolute Gasteiger partial charge is 0.123 e. The minimum absolute atomic E-state index is 0.244. The lowest BCUT2D eigenvalue weighted by atomic mass is 10.0. The number of nitrogens with zero attached hydrogens (tertiary/aromatic N) is 1. The first-order chi connectivity index (χ1) is 7.58. The number of anilines is 1. The van der Waals surface area contributed by atoms with Gasteiger partial charge in [0.2, 0.25) is 0 Å². The normalized spacial score (nSPS) is 10.4. The van der Waals surface area contributed by atoms with Gasteiger partial charge in [0.15, 0.2) is 0 Å². The fourth-order valence-corrected chi connectivity index (χ4v) is 1.73. The Kier molecular flexibility index (Phi) is 2.92. The van der Waals surface area contributed by atoms with Gasteiger partial charge in [-0.05, 0) is 52.7 Å². The summed E-state index contributed by atoms with van der Waals surface area (Å²) in [6.45, 7) is 1.85. The Balaban J connectivity index is 2.54. The molecule has 0 unspecified atom stereocenters. The summed E-state index contributed by atoms with van der Waals surface area (Å²) in [5.74, 6) is -0.244. The molecule has 4 heteroatoms. The van der Waals surface area contributed by atoms with Gasteiger partial charge in [0, 0.05) is 17.4 Å². The Labute approximate surface area is 101 Å². The quantitative estimate of drug-likeness (QED) is 0.868. The molecule has 16 heavy (non-hydrogen) atoms. The van der Waals surface area contributed by atoms with Crippen molar-refractivity contribution in [3.05, 3.63) is 46.3 Å². The molecule has 1 aromatic heterocycles. The zero-order chi connectivity index (χ0) is 11.7. The summed E-state index contributed by atoms with van der Waals surface area (Å²) in [5.41, 5.74) is 8.88. The predicted octanol–water partition coefficient (Wildman–Crippen LogP) is 3.54. The molecule has 0 amide bonds. The van der Waals surface area contributed by atoms with Gasteiger partial charge in [0.05, 0.1) is 10.2 Å². The molecule has 2 N–H and O–H groups in total. The van der Waals surface area contributed by atoms with Crippen LogP contribution in [0.25, 0.3) is 11.3 Å². The average Bonchev–Trinajstić information content (AvgIpc) is 2.22. The maximum atomic E-state index is 13.0. The Hall–Kier alpha value is -1.42. The van der Waals surface area contributed by atoms with Crippen molar-refractivity contribution in [3.8, 4) is 11.3 Å². The van der Waals surface area contributed by atoms with Crippen molar-refractivity contribution in [1.29, 1.82) is 0 Å². The third-order valence-corrected chi connectivity index (χ3v) is 3.01. The summed E-state index contributed by atoms with van der Waals surface area (Å²) in [6, 6.07) is 6.38. The predicted molar refractivity (Wildman–Crippen MR) is 66.5 cm³/mol. The number of nitrogen functional groups attached to an aromatic ring is 1. The molecule has 1 heterocycles. The summed E-state index contributed by atoms with van der Waals surface area (Å²) in [4.78, 5) is 4.25. The highest BCUT2D eigenvalue weighted by Gasteiger charge is 2.06. The highest BCUT2D eigenvalue weighted by atomic mass is 79.9. The lowest BCUT2D eigenvalue weighted by molar-refractivity contribution is 0.627. The molecule has 0 spiro atoms. The largest absolute Gasteiger partial charge is 0.398 e. The summed E-state index contributed by atoms with van der Waals surface area (Å²) >= 11 is 3.28. The second-order valence-electron chi connectivity index (χ2n) is 3.55. The van der Waals surface area contributed by atoms with Gasteiger partial charge in [0.1, 0.15) is 5.82 Å². The Morgan fingerprint density at radius 3 is 2.69 bits per heavy atom. The fraction of sp³-hybridized carbons (Fsp3) is 0.0833. The van der Waals surface area contributed by atoms with E-state index >= 15 is 0 Å². The topological polar surface area (TPSA) is 38.9 Å². The van der Waals surface area contributed by atoms with Crippen LogP contribution in [0, 0.1) is 12.7 Å². The zero-order valence-electron chi connectivity index (χ0n) is 8.67. The number of halogens is 2. The molecule has 82 valence electrons. The number of rotatable bonds is 1. The zero-order valence-corrected chi connectivity index (χ0v) is 10.3. The van der Waals surface area contributed by atoms with Gasteiger partial charge in [-0.3, -0.25) is 4.98 Å². The third kappa shape index (κ3) is 2.07. The molecule has 0 aliphatic heterocycles. The van der Waals surface area contributed by atoms with Crippen LogP contribution in [0.1, 0.15) is 5.56 Å². The molecule has 0 fully saturated rings. The lowest BCUT2D eigenvalue weighted by Crippen LogP contribution is -1.92. The molecule has 2 rings (SSSR count). The van der Waals surface area contributed by atoms with Crippen LogP contribution in [0.4, 0.5) is 10.1 Å². The van der Waals surface area contributed by atoms with Crippen LogP contribution >= 0.6 is 15.9 Å². The van der Waals surface area contributed by atoms with Gasteiger partial charge in [0.25, 0.3) is 0 Å². The van der Waals surface area contributed by atoms with E-state index in [1.54, 1.807) is 18.3 Å². The first-order valence-electron chi connectivity index (χ1n) is 4.75. The summed E-state index contributed by atoms with van der Waals surface area (Å²) in [7, 11) is 0. The van der Waals surface area contributed by atoms with Crippen LogP contribution < -0.4 is 5.73 Å². The minimum atomic E-state index is -0.244. The van der Waals surface area contributed by atoms with Crippen molar-refractivity contribution in [3.63, 3.8) is 0 Å². The van der Waals surface area contributed by atoms with Crippen LogP contribution in [-0.2, 0) is 0 Å². The van der Waals surface area contributed by atoms with Crippen LogP contribution in [0.5, 0.6) is 0 Å². The van der Waals surface area contributed by atoms with E-state index in [1.165, 1.54) is 12.1 Å². The van der Waals surface area contributed by atoms with Crippen LogP contribution in [0.15, 0.2) is 34.9 Å². The fourth-order valence-electron chi connectivity index (χ4n) is 1.52. The van der Waals surface area contributed by atoms with Gasteiger partial charge in [-0.15, -0.1) is 0 Å². The minimum Gasteiger partial charge on any atom is -0.398 e. The molecule has 0 bridgehead atoms. The number of nitrogens with two attached hydrogens (primary N) is 1.